The molecule has 0 amide bonds. The fraction of sp³-hybridized carbons (Fsp3) is 0.176. The van der Waals surface area contributed by atoms with Crippen molar-refractivity contribution in [2.75, 3.05) is 5.73 Å². The normalized spacial score (nSPS) is 11.1. The number of aromatic carboxylic acids is 1. The zero-order valence-electron chi connectivity index (χ0n) is 13.7. The van der Waals surface area contributed by atoms with Crippen molar-refractivity contribution >= 4 is 11.9 Å². The summed E-state index contributed by atoms with van der Waals surface area (Å²) in [4.78, 5) is 19.4. The van der Waals surface area contributed by atoms with E-state index in [-0.39, 0.29) is 23.6 Å². The maximum atomic E-state index is 13.1. The van der Waals surface area contributed by atoms with Crippen molar-refractivity contribution in [1.29, 1.82) is 0 Å². The monoisotopic (exact) mass is 359 g/mol. The standard InChI is InChI=1S/C17H15F2N5O2/c1-9-6-13(22-17(20)21-9)14-11(8-24(23-14)16(18)19)7-10-4-2-3-5-12(10)15(25)26/h2-6,8,16H,7H2,1H3,(H,25,26)(H2,20,21,22). The Kier molecular flexibility index (Phi) is 4.61. The van der Waals surface area contributed by atoms with Gasteiger partial charge in [0.05, 0.1) is 11.3 Å². The summed E-state index contributed by atoms with van der Waals surface area (Å²) >= 11 is 0. The van der Waals surface area contributed by atoms with Crippen molar-refractivity contribution in [1.82, 2.24) is 19.7 Å². The number of alkyl halides is 2. The molecule has 0 aliphatic rings. The molecule has 9 heteroatoms. The van der Waals surface area contributed by atoms with Crippen LogP contribution in [0.15, 0.2) is 36.5 Å². The van der Waals surface area contributed by atoms with E-state index in [1.165, 1.54) is 12.3 Å². The molecule has 7 nitrogen and oxygen atoms in total. The molecule has 134 valence electrons. The van der Waals surface area contributed by atoms with Crippen LogP contribution in [0.2, 0.25) is 0 Å². The molecule has 0 saturated carbocycles. The van der Waals surface area contributed by atoms with E-state index >= 15 is 0 Å². The quantitative estimate of drug-likeness (QED) is 0.725. The highest BCUT2D eigenvalue weighted by atomic mass is 19.3. The minimum atomic E-state index is -2.84. The molecular weight excluding hydrogens is 344 g/mol. The van der Waals surface area contributed by atoms with E-state index in [1.54, 1.807) is 31.2 Å². The van der Waals surface area contributed by atoms with Crippen LogP contribution in [0.1, 0.15) is 33.7 Å². The highest BCUT2D eigenvalue weighted by molar-refractivity contribution is 5.89. The minimum absolute atomic E-state index is 0.00323. The predicted octanol–water partition coefficient (Wildman–Crippen LogP) is 2.91. The second-order valence-electron chi connectivity index (χ2n) is 5.65. The molecule has 1 aromatic carbocycles. The Morgan fingerprint density at radius 1 is 1.27 bits per heavy atom. The van der Waals surface area contributed by atoms with Gasteiger partial charge in [-0.05, 0) is 24.6 Å². The number of nitrogen functional groups attached to an aromatic ring is 1. The van der Waals surface area contributed by atoms with Crippen LogP contribution in [0.25, 0.3) is 11.4 Å². The number of nitrogens with zero attached hydrogens (tertiary/aromatic N) is 4. The Bertz CT molecular complexity index is 951. The molecule has 0 radical (unpaired) electrons. The Hall–Kier alpha value is -3.36. The first-order chi connectivity index (χ1) is 12.3. The second-order valence-corrected chi connectivity index (χ2v) is 5.65. The first-order valence-corrected chi connectivity index (χ1v) is 7.64. The molecule has 0 spiro atoms. The third-order valence-corrected chi connectivity index (χ3v) is 3.75. The summed E-state index contributed by atoms with van der Waals surface area (Å²) in [5, 5.41) is 13.2. The van der Waals surface area contributed by atoms with E-state index in [0.717, 1.165) is 0 Å². The lowest BCUT2D eigenvalue weighted by Gasteiger charge is -2.07. The molecule has 0 bridgehead atoms. The van der Waals surface area contributed by atoms with Crippen LogP contribution in [0.5, 0.6) is 0 Å². The van der Waals surface area contributed by atoms with Gasteiger partial charge in [-0.15, -0.1) is 0 Å². The Balaban J connectivity index is 2.11. The lowest BCUT2D eigenvalue weighted by molar-refractivity contribution is 0.0567. The van der Waals surface area contributed by atoms with Gasteiger partial charge in [0.1, 0.15) is 5.69 Å². The predicted molar refractivity (Wildman–Crippen MR) is 89.9 cm³/mol. The van der Waals surface area contributed by atoms with Crippen LogP contribution >= 0.6 is 0 Å². The van der Waals surface area contributed by atoms with Gasteiger partial charge in [0.15, 0.2) is 0 Å². The number of benzene rings is 1. The fourth-order valence-electron chi connectivity index (χ4n) is 2.68. The molecule has 3 aromatic rings. The van der Waals surface area contributed by atoms with Crippen molar-refractivity contribution in [3.8, 4) is 11.4 Å². The van der Waals surface area contributed by atoms with Gasteiger partial charge in [-0.3, -0.25) is 0 Å². The number of halogens is 2. The average molecular weight is 359 g/mol. The van der Waals surface area contributed by atoms with Crippen molar-refractivity contribution in [3.63, 3.8) is 0 Å². The van der Waals surface area contributed by atoms with E-state index in [9.17, 15) is 18.7 Å². The number of nitrogens with two attached hydrogens (primary N) is 1. The van der Waals surface area contributed by atoms with Crippen LogP contribution in [0.3, 0.4) is 0 Å². The number of rotatable bonds is 5. The summed E-state index contributed by atoms with van der Waals surface area (Å²) < 4.78 is 26.8. The number of anilines is 1. The maximum absolute atomic E-state index is 13.1. The Labute approximate surface area is 147 Å². The molecule has 0 saturated heterocycles. The summed E-state index contributed by atoms with van der Waals surface area (Å²) in [7, 11) is 0. The summed E-state index contributed by atoms with van der Waals surface area (Å²) in [5.74, 6) is -1.09. The molecule has 3 N–H and O–H groups in total. The van der Waals surface area contributed by atoms with Gasteiger partial charge < -0.3 is 10.8 Å². The summed E-state index contributed by atoms with van der Waals surface area (Å²) in [6.45, 7) is -1.14. The molecule has 3 rings (SSSR count). The number of aromatic nitrogens is 4. The SMILES string of the molecule is Cc1cc(-c2nn(C(F)F)cc2Cc2ccccc2C(=O)O)nc(N)n1. The van der Waals surface area contributed by atoms with E-state index in [2.05, 4.69) is 15.1 Å². The summed E-state index contributed by atoms with van der Waals surface area (Å²) in [6.07, 6.45) is 1.29. The molecule has 0 atom stereocenters. The molecule has 0 aliphatic heterocycles. The second kappa shape index (κ2) is 6.87. The largest absolute Gasteiger partial charge is 0.478 e. The van der Waals surface area contributed by atoms with Gasteiger partial charge >= 0.3 is 12.5 Å². The zero-order valence-corrected chi connectivity index (χ0v) is 13.7. The maximum Gasteiger partial charge on any atom is 0.335 e. The van der Waals surface area contributed by atoms with Crippen molar-refractivity contribution < 1.29 is 18.7 Å². The molecule has 26 heavy (non-hydrogen) atoms. The third-order valence-electron chi connectivity index (χ3n) is 3.75. The molecule has 2 heterocycles. The van der Waals surface area contributed by atoms with Crippen LogP contribution < -0.4 is 5.73 Å². The van der Waals surface area contributed by atoms with E-state index < -0.39 is 12.5 Å². The lowest BCUT2D eigenvalue weighted by Crippen LogP contribution is -2.03. The van der Waals surface area contributed by atoms with Gasteiger partial charge in [0.25, 0.3) is 0 Å². The third kappa shape index (κ3) is 3.51. The van der Waals surface area contributed by atoms with Gasteiger partial charge in [-0.25, -0.2) is 19.4 Å². The number of carbonyl (C=O) groups is 1. The summed E-state index contributed by atoms with van der Waals surface area (Å²) in [5.41, 5.74) is 7.72. The van der Waals surface area contributed by atoms with Crippen molar-refractivity contribution in [2.24, 2.45) is 0 Å². The van der Waals surface area contributed by atoms with Crippen LogP contribution in [-0.2, 0) is 6.42 Å². The van der Waals surface area contributed by atoms with Gasteiger partial charge in [0.2, 0.25) is 5.95 Å². The number of hydrogen-bond acceptors (Lipinski definition) is 5. The zero-order chi connectivity index (χ0) is 18.8. The minimum Gasteiger partial charge on any atom is -0.478 e. The average Bonchev–Trinajstić information content (AvgIpc) is 2.98. The van der Waals surface area contributed by atoms with E-state index in [0.29, 0.717) is 27.2 Å². The molecule has 0 aliphatic carbocycles. The van der Waals surface area contributed by atoms with Crippen LogP contribution in [0, 0.1) is 6.92 Å². The lowest BCUT2D eigenvalue weighted by atomic mass is 9.99. The molecule has 2 aromatic heterocycles. The number of carboxylic acid groups (broad SMARTS) is 1. The highest BCUT2D eigenvalue weighted by Crippen LogP contribution is 2.27. The fourth-order valence-corrected chi connectivity index (χ4v) is 2.68. The first-order valence-electron chi connectivity index (χ1n) is 7.64. The van der Waals surface area contributed by atoms with Crippen molar-refractivity contribution in [3.05, 3.63) is 58.9 Å². The number of hydrogen-bond donors (Lipinski definition) is 2. The number of carboxylic acids is 1. The molecule has 0 fully saturated rings. The van der Waals surface area contributed by atoms with Gasteiger partial charge in [0, 0.05) is 23.9 Å². The first kappa shape index (κ1) is 17.5. The topological polar surface area (TPSA) is 107 Å². The Morgan fingerprint density at radius 2 is 2.00 bits per heavy atom. The number of aryl methyl sites for hydroxylation is 1. The Morgan fingerprint density at radius 3 is 2.65 bits per heavy atom. The van der Waals surface area contributed by atoms with Gasteiger partial charge in [-0.2, -0.15) is 13.9 Å². The van der Waals surface area contributed by atoms with Crippen molar-refractivity contribution in [2.45, 2.75) is 19.9 Å². The highest BCUT2D eigenvalue weighted by Gasteiger charge is 2.19. The molecule has 0 unspecified atom stereocenters. The van der Waals surface area contributed by atoms with Crippen LogP contribution in [-0.4, -0.2) is 30.8 Å². The van der Waals surface area contributed by atoms with E-state index in [4.69, 9.17) is 5.73 Å². The molecular formula is C17H15F2N5O2. The smallest absolute Gasteiger partial charge is 0.335 e. The van der Waals surface area contributed by atoms with Crippen LogP contribution in [0.4, 0.5) is 14.7 Å². The van der Waals surface area contributed by atoms with E-state index in [1.807, 2.05) is 0 Å². The summed E-state index contributed by atoms with van der Waals surface area (Å²) in [6, 6.07) is 7.96. The van der Waals surface area contributed by atoms with Gasteiger partial charge in [-0.1, -0.05) is 18.2 Å².